The normalized spacial score (nSPS) is 10.3. The lowest BCUT2D eigenvalue weighted by Crippen LogP contribution is -2.34. The van der Waals surface area contributed by atoms with Gasteiger partial charge in [-0.1, -0.05) is 34.8 Å². The summed E-state index contributed by atoms with van der Waals surface area (Å²) in [6, 6.07) is 0.866. The van der Waals surface area contributed by atoms with Gasteiger partial charge in [-0.05, 0) is 6.07 Å². The van der Waals surface area contributed by atoms with E-state index in [1.807, 2.05) is 0 Å². The quantitative estimate of drug-likeness (QED) is 0.445. The van der Waals surface area contributed by atoms with Crippen molar-refractivity contribution >= 4 is 47.4 Å². The summed E-state index contributed by atoms with van der Waals surface area (Å²) in [5, 5.41) is 17.0. The van der Waals surface area contributed by atoms with Crippen LogP contribution in [0, 0.1) is 5.82 Å². The summed E-state index contributed by atoms with van der Waals surface area (Å²) in [6.07, 6.45) is 0. The van der Waals surface area contributed by atoms with Crippen LogP contribution < -0.4 is 5.46 Å². The first kappa shape index (κ1) is 11.1. The molecule has 0 heterocycles. The lowest BCUT2D eigenvalue weighted by molar-refractivity contribution is 0.423. The van der Waals surface area contributed by atoms with E-state index in [2.05, 4.69) is 0 Å². The van der Waals surface area contributed by atoms with Crippen LogP contribution in [0.15, 0.2) is 6.07 Å². The Kier molecular flexibility index (Phi) is 3.43. The molecule has 0 fully saturated rings. The largest absolute Gasteiger partial charge is 0.493 e. The maximum absolute atomic E-state index is 13.0. The zero-order valence-corrected chi connectivity index (χ0v) is 8.33. The molecule has 7 heteroatoms. The SMILES string of the molecule is OB(O)c1c(F)cc(Cl)c(Cl)c1Cl. The van der Waals surface area contributed by atoms with E-state index < -0.39 is 18.4 Å². The van der Waals surface area contributed by atoms with E-state index in [4.69, 9.17) is 44.9 Å². The molecule has 0 amide bonds. The van der Waals surface area contributed by atoms with E-state index in [-0.39, 0.29) is 15.1 Å². The van der Waals surface area contributed by atoms with E-state index in [1.165, 1.54) is 0 Å². The van der Waals surface area contributed by atoms with Crippen LogP contribution in [0.4, 0.5) is 4.39 Å². The minimum absolute atomic E-state index is 0.0754. The Balaban J connectivity index is 3.44. The van der Waals surface area contributed by atoms with Crippen LogP contribution in [0.25, 0.3) is 0 Å². The molecule has 1 aromatic carbocycles. The van der Waals surface area contributed by atoms with E-state index in [0.29, 0.717) is 0 Å². The molecule has 0 aliphatic heterocycles. The zero-order chi connectivity index (χ0) is 10.2. The second-order valence-corrected chi connectivity index (χ2v) is 3.42. The summed E-state index contributed by atoms with van der Waals surface area (Å²) in [6.45, 7) is 0. The van der Waals surface area contributed by atoms with Gasteiger partial charge in [0, 0.05) is 5.46 Å². The van der Waals surface area contributed by atoms with Gasteiger partial charge in [-0.25, -0.2) is 4.39 Å². The highest BCUT2D eigenvalue weighted by Gasteiger charge is 2.23. The number of rotatable bonds is 1. The van der Waals surface area contributed by atoms with E-state index in [0.717, 1.165) is 6.07 Å². The summed E-state index contributed by atoms with van der Waals surface area (Å²) in [5.41, 5.74) is -0.476. The second-order valence-electron chi connectivity index (χ2n) is 2.26. The van der Waals surface area contributed by atoms with Crippen LogP contribution in [0.3, 0.4) is 0 Å². The van der Waals surface area contributed by atoms with Gasteiger partial charge in [0.05, 0.1) is 15.1 Å². The zero-order valence-electron chi connectivity index (χ0n) is 6.06. The van der Waals surface area contributed by atoms with Gasteiger partial charge in [0.1, 0.15) is 5.82 Å². The maximum atomic E-state index is 13.0. The second kappa shape index (κ2) is 4.03. The first-order valence-electron chi connectivity index (χ1n) is 3.14. The number of hydrogen-bond acceptors (Lipinski definition) is 2. The van der Waals surface area contributed by atoms with Crippen LogP contribution in [0.2, 0.25) is 15.1 Å². The molecule has 0 aromatic heterocycles. The van der Waals surface area contributed by atoms with Crippen molar-refractivity contribution in [3.63, 3.8) is 0 Å². The Hall–Kier alpha value is 0.00494. The standard InChI is InChI=1S/C6H3BCl3FO2/c8-2-1-3(11)4(7(12)13)6(10)5(2)9/h1,12-13H. The molecule has 0 radical (unpaired) electrons. The van der Waals surface area contributed by atoms with Gasteiger partial charge in [-0.15, -0.1) is 0 Å². The molecule has 2 nitrogen and oxygen atoms in total. The van der Waals surface area contributed by atoms with Crippen LogP contribution in [0.5, 0.6) is 0 Å². The molecule has 0 unspecified atom stereocenters. The molecule has 70 valence electrons. The Bertz CT molecular complexity index is 345. The highest BCUT2D eigenvalue weighted by molar-refractivity contribution is 6.64. The summed E-state index contributed by atoms with van der Waals surface area (Å²) in [5.74, 6) is -0.908. The first-order chi connectivity index (χ1) is 5.95. The molecule has 0 saturated carbocycles. The molecule has 2 N–H and O–H groups in total. The smallest absolute Gasteiger partial charge is 0.423 e. The van der Waals surface area contributed by atoms with Gasteiger partial charge in [-0.3, -0.25) is 0 Å². The predicted molar refractivity (Wildman–Crippen MR) is 51.3 cm³/mol. The highest BCUT2D eigenvalue weighted by Crippen LogP contribution is 2.29. The monoisotopic (exact) mass is 242 g/mol. The maximum Gasteiger partial charge on any atom is 0.493 e. The first-order valence-corrected chi connectivity index (χ1v) is 4.27. The fraction of sp³-hybridized carbons (Fsp3) is 0. The lowest BCUT2D eigenvalue weighted by atomic mass is 9.80. The van der Waals surface area contributed by atoms with Crippen molar-refractivity contribution < 1.29 is 14.4 Å². The third-order valence-electron chi connectivity index (χ3n) is 1.41. The minimum atomic E-state index is -2.01. The van der Waals surface area contributed by atoms with Gasteiger partial charge in [0.25, 0.3) is 0 Å². The fourth-order valence-corrected chi connectivity index (χ4v) is 1.50. The molecule has 0 bridgehead atoms. The molecule has 0 aliphatic rings. The molecular formula is C6H3BCl3FO2. The van der Waals surface area contributed by atoms with Crippen molar-refractivity contribution in [2.45, 2.75) is 0 Å². The predicted octanol–water partition coefficient (Wildman–Crippen LogP) is 1.47. The van der Waals surface area contributed by atoms with E-state index >= 15 is 0 Å². The van der Waals surface area contributed by atoms with Crippen LogP contribution >= 0.6 is 34.8 Å². The molecule has 0 spiro atoms. The van der Waals surface area contributed by atoms with Gasteiger partial charge in [-0.2, -0.15) is 0 Å². The Morgan fingerprint density at radius 1 is 1.15 bits per heavy atom. The van der Waals surface area contributed by atoms with Crippen LogP contribution in [-0.2, 0) is 0 Å². The van der Waals surface area contributed by atoms with Crippen molar-refractivity contribution in [3.8, 4) is 0 Å². The highest BCUT2D eigenvalue weighted by atomic mass is 35.5. The van der Waals surface area contributed by atoms with Gasteiger partial charge in [0.15, 0.2) is 0 Å². The molecule has 13 heavy (non-hydrogen) atoms. The number of benzene rings is 1. The Labute approximate surface area is 89.0 Å². The molecule has 1 aromatic rings. The summed E-state index contributed by atoms with van der Waals surface area (Å²) in [7, 11) is -2.01. The summed E-state index contributed by atoms with van der Waals surface area (Å²) >= 11 is 16.5. The average Bonchev–Trinajstić information content (AvgIpc) is 1.99. The summed E-state index contributed by atoms with van der Waals surface area (Å²) < 4.78 is 13.0. The number of hydrogen-bond donors (Lipinski definition) is 2. The summed E-state index contributed by atoms with van der Waals surface area (Å²) in [4.78, 5) is 0. The van der Waals surface area contributed by atoms with Crippen LogP contribution in [0.1, 0.15) is 0 Å². The Morgan fingerprint density at radius 3 is 2.15 bits per heavy atom. The van der Waals surface area contributed by atoms with Crippen molar-refractivity contribution in [3.05, 3.63) is 27.0 Å². The fourth-order valence-electron chi connectivity index (χ4n) is 0.817. The van der Waals surface area contributed by atoms with Crippen molar-refractivity contribution in [2.75, 3.05) is 0 Å². The van der Waals surface area contributed by atoms with E-state index in [9.17, 15) is 4.39 Å². The van der Waals surface area contributed by atoms with Crippen molar-refractivity contribution in [2.24, 2.45) is 0 Å². The minimum Gasteiger partial charge on any atom is -0.423 e. The van der Waals surface area contributed by atoms with Crippen molar-refractivity contribution in [1.29, 1.82) is 0 Å². The molecule has 0 saturated heterocycles. The third-order valence-corrected chi connectivity index (χ3v) is 2.68. The van der Waals surface area contributed by atoms with Gasteiger partial charge < -0.3 is 10.0 Å². The van der Waals surface area contributed by atoms with E-state index in [1.54, 1.807) is 0 Å². The lowest BCUT2D eigenvalue weighted by Gasteiger charge is -2.07. The van der Waals surface area contributed by atoms with Gasteiger partial charge in [0.2, 0.25) is 0 Å². The third kappa shape index (κ3) is 2.09. The Morgan fingerprint density at radius 2 is 1.69 bits per heavy atom. The number of halogens is 4. The molecule has 1 rings (SSSR count). The molecule has 0 atom stereocenters. The van der Waals surface area contributed by atoms with Crippen LogP contribution in [-0.4, -0.2) is 17.2 Å². The topological polar surface area (TPSA) is 40.5 Å². The average molecular weight is 243 g/mol. The molecular weight excluding hydrogens is 240 g/mol. The van der Waals surface area contributed by atoms with Gasteiger partial charge >= 0.3 is 7.12 Å². The molecule has 0 aliphatic carbocycles. The van der Waals surface area contributed by atoms with Crippen molar-refractivity contribution in [1.82, 2.24) is 0 Å².